The first-order valence-corrected chi connectivity index (χ1v) is 7.37. The minimum atomic E-state index is -0.0223. The van der Waals surface area contributed by atoms with Crippen LogP contribution in [-0.4, -0.2) is 29.9 Å². The van der Waals surface area contributed by atoms with Crippen LogP contribution >= 0.6 is 0 Å². The van der Waals surface area contributed by atoms with Crippen molar-refractivity contribution in [2.75, 3.05) is 13.6 Å². The van der Waals surface area contributed by atoms with Gasteiger partial charge in [-0.1, -0.05) is 6.92 Å². The zero-order valence-corrected chi connectivity index (χ0v) is 12.5. The number of hydrogen-bond acceptors (Lipinski definition) is 2. The minimum absolute atomic E-state index is 0.0223. The van der Waals surface area contributed by atoms with Gasteiger partial charge >= 0.3 is 0 Å². The van der Waals surface area contributed by atoms with Gasteiger partial charge in [-0.15, -0.1) is 0 Å². The van der Waals surface area contributed by atoms with E-state index in [0.29, 0.717) is 17.7 Å². The van der Waals surface area contributed by atoms with Gasteiger partial charge in [0, 0.05) is 19.0 Å². The minimum Gasteiger partial charge on any atom is -0.341 e. The molecule has 2 N–H and O–H groups in total. The predicted octanol–water partition coefficient (Wildman–Crippen LogP) is 2.79. The van der Waals surface area contributed by atoms with Crippen molar-refractivity contribution in [1.82, 2.24) is 4.90 Å². The molecule has 1 aliphatic rings. The second kappa shape index (κ2) is 6.55. The fourth-order valence-corrected chi connectivity index (χ4v) is 2.63. The summed E-state index contributed by atoms with van der Waals surface area (Å²) in [6, 6.07) is 0. The van der Waals surface area contributed by atoms with Gasteiger partial charge in [0.05, 0.1) is 0 Å². The highest BCUT2D eigenvalue weighted by molar-refractivity contribution is 5.76. The lowest BCUT2D eigenvalue weighted by atomic mass is 9.80. The maximum Gasteiger partial charge on any atom is 0.223 e. The summed E-state index contributed by atoms with van der Waals surface area (Å²) in [5.74, 6) is 1.58. The Labute approximate surface area is 112 Å². The molecule has 0 saturated heterocycles. The quantitative estimate of drug-likeness (QED) is 0.820. The van der Waals surface area contributed by atoms with E-state index in [0.717, 1.165) is 19.4 Å². The number of amides is 1. The molecule has 1 rings (SSSR count). The van der Waals surface area contributed by atoms with Crippen molar-refractivity contribution in [2.45, 2.75) is 64.8 Å². The molecule has 1 aliphatic carbocycles. The molecule has 0 unspecified atom stereocenters. The third-order valence-electron chi connectivity index (χ3n) is 4.91. The molecule has 0 bridgehead atoms. The Balaban J connectivity index is 2.41. The van der Waals surface area contributed by atoms with E-state index >= 15 is 0 Å². The number of nitrogens with two attached hydrogens (primary N) is 1. The number of carbonyl (C=O) groups is 1. The zero-order valence-electron chi connectivity index (χ0n) is 12.5. The molecule has 1 fully saturated rings. The summed E-state index contributed by atoms with van der Waals surface area (Å²) in [6.45, 7) is 7.21. The fraction of sp³-hybridized carbons (Fsp3) is 0.933. The topological polar surface area (TPSA) is 46.3 Å². The molecular weight excluding hydrogens is 224 g/mol. The number of nitrogens with zero attached hydrogens (tertiary/aromatic N) is 1. The zero-order chi connectivity index (χ0) is 13.8. The first kappa shape index (κ1) is 15.5. The van der Waals surface area contributed by atoms with E-state index in [-0.39, 0.29) is 5.54 Å². The smallest absolute Gasteiger partial charge is 0.223 e. The Morgan fingerprint density at radius 3 is 2.17 bits per heavy atom. The molecule has 0 aromatic rings. The molecule has 1 amide bonds. The Morgan fingerprint density at radius 2 is 1.72 bits per heavy atom. The molecule has 0 aromatic heterocycles. The lowest BCUT2D eigenvalue weighted by Crippen LogP contribution is -2.45. The molecule has 1 saturated carbocycles. The lowest BCUT2D eigenvalue weighted by Gasteiger charge is -2.36. The van der Waals surface area contributed by atoms with Crippen LogP contribution < -0.4 is 5.73 Å². The van der Waals surface area contributed by atoms with Crippen molar-refractivity contribution in [2.24, 2.45) is 17.6 Å². The van der Waals surface area contributed by atoms with Gasteiger partial charge < -0.3 is 10.6 Å². The monoisotopic (exact) mass is 254 g/mol. The SMILES string of the molecule is CCC(C)(C)N(C)C(=O)CC1CCC(CN)CC1. The maximum atomic E-state index is 12.3. The molecular formula is C15H30N2O. The lowest BCUT2D eigenvalue weighted by molar-refractivity contribution is -0.136. The van der Waals surface area contributed by atoms with Gasteiger partial charge in [-0.25, -0.2) is 0 Å². The molecule has 0 heterocycles. The van der Waals surface area contributed by atoms with Crippen LogP contribution in [0.3, 0.4) is 0 Å². The molecule has 0 atom stereocenters. The van der Waals surface area contributed by atoms with Crippen LogP contribution in [0.15, 0.2) is 0 Å². The van der Waals surface area contributed by atoms with E-state index in [4.69, 9.17) is 5.73 Å². The van der Waals surface area contributed by atoms with Crippen LogP contribution in [0, 0.1) is 11.8 Å². The molecule has 3 heteroatoms. The van der Waals surface area contributed by atoms with Crippen molar-refractivity contribution in [3.63, 3.8) is 0 Å². The van der Waals surface area contributed by atoms with Crippen molar-refractivity contribution in [3.8, 4) is 0 Å². The van der Waals surface area contributed by atoms with Crippen molar-refractivity contribution in [3.05, 3.63) is 0 Å². The molecule has 0 spiro atoms. The fourth-order valence-electron chi connectivity index (χ4n) is 2.63. The summed E-state index contributed by atoms with van der Waals surface area (Å²) in [6.07, 6.45) is 6.47. The summed E-state index contributed by atoms with van der Waals surface area (Å²) in [5.41, 5.74) is 5.68. The highest BCUT2D eigenvalue weighted by Crippen LogP contribution is 2.31. The van der Waals surface area contributed by atoms with Crippen LogP contribution in [0.25, 0.3) is 0 Å². The number of rotatable bonds is 5. The molecule has 18 heavy (non-hydrogen) atoms. The standard InChI is InChI=1S/C15H30N2O/c1-5-15(2,3)17(4)14(18)10-12-6-8-13(11-16)9-7-12/h12-13H,5-11,16H2,1-4H3. The van der Waals surface area contributed by atoms with Gasteiger partial charge in [-0.2, -0.15) is 0 Å². The van der Waals surface area contributed by atoms with Crippen LogP contribution in [0.4, 0.5) is 0 Å². The highest BCUT2D eigenvalue weighted by atomic mass is 16.2. The third kappa shape index (κ3) is 3.98. The van der Waals surface area contributed by atoms with E-state index < -0.39 is 0 Å². The Bertz CT molecular complexity index is 268. The van der Waals surface area contributed by atoms with Crippen molar-refractivity contribution in [1.29, 1.82) is 0 Å². The number of hydrogen-bond donors (Lipinski definition) is 1. The first-order chi connectivity index (χ1) is 8.40. The molecule has 0 aliphatic heterocycles. The van der Waals surface area contributed by atoms with Crippen molar-refractivity contribution < 1.29 is 4.79 Å². The summed E-state index contributed by atoms with van der Waals surface area (Å²) in [4.78, 5) is 14.2. The van der Waals surface area contributed by atoms with Gasteiger partial charge in [0.15, 0.2) is 0 Å². The second-order valence-electron chi connectivity index (χ2n) is 6.45. The van der Waals surface area contributed by atoms with Crippen LogP contribution in [0.2, 0.25) is 0 Å². The van der Waals surface area contributed by atoms with Crippen LogP contribution in [0.1, 0.15) is 59.3 Å². The first-order valence-electron chi connectivity index (χ1n) is 7.37. The van der Waals surface area contributed by atoms with Crippen LogP contribution in [0.5, 0.6) is 0 Å². The predicted molar refractivity (Wildman–Crippen MR) is 76.3 cm³/mol. The van der Waals surface area contributed by atoms with E-state index in [1.807, 2.05) is 11.9 Å². The largest absolute Gasteiger partial charge is 0.341 e. The molecule has 0 aromatic carbocycles. The average Bonchev–Trinajstić information content (AvgIpc) is 2.38. The maximum absolute atomic E-state index is 12.3. The molecule has 106 valence electrons. The van der Waals surface area contributed by atoms with Gasteiger partial charge in [0.25, 0.3) is 0 Å². The Hall–Kier alpha value is -0.570. The summed E-state index contributed by atoms with van der Waals surface area (Å²) < 4.78 is 0. The number of carbonyl (C=O) groups excluding carboxylic acids is 1. The summed E-state index contributed by atoms with van der Waals surface area (Å²) >= 11 is 0. The van der Waals surface area contributed by atoms with E-state index in [1.54, 1.807) is 0 Å². The normalized spacial score (nSPS) is 24.9. The average molecular weight is 254 g/mol. The van der Waals surface area contributed by atoms with Gasteiger partial charge in [0.2, 0.25) is 5.91 Å². The summed E-state index contributed by atoms with van der Waals surface area (Å²) in [7, 11) is 1.94. The Kier molecular flexibility index (Phi) is 5.64. The molecule has 0 radical (unpaired) electrons. The van der Waals surface area contributed by atoms with E-state index in [9.17, 15) is 4.79 Å². The molecule has 3 nitrogen and oxygen atoms in total. The third-order valence-corrected chi connectivity index (χ3v) is 4.91. The van der Waals surface area contributed by atoms with Gasteiger partial charge in [0.1, 0.15) is 0 Å². The summed E-state index contributed by atoms with van der Waals surface area (Å²) in [5, 5.41) is 0. The highest BCUT2D eigenvalue weighted by Gasteiger charge is 2.28. The second-order valence-corrected chi connectivity index (χ2v) is 6.45. The van der Waals surface area contributed by atoms with Crippen LogP contribution in [-0.2, 0) is 4.79 Å². The van der Waals surface area contributed by atoms with E-state index in [1.165, 1.54) is 25.7 Å². The van der Waals surface area contributed by atoms with Gasteiger partial charge in [-0.05, 0) is 64.3 Å². The van der Waals surface area contributed by atoms with Crippen molar-refractivity contribution >= 4 is 5.91 Å². The Morgan fingerprint density at radius 1 is 1.22 bits per heavy atom. The van der Waals surface area contributed by atoms with E-state index in [2.05, 4.69) is 20.8 Å². The van der Waals surface area contributed by atoms with Gasteiger partial charge in [-0.3, -0.25) is 4.79 Å².